The van der Waals surface area contributed by atoms with Gasteiger partial charge in [-0.2, -0.15) is 0 Å². The van der Waals surface area contributed by atoms with Gasteiger partial charge in [0.25, 0.3) is 0 Å². The molecule has 0 unspecified atom stereocenters. The molecule has 26 heteroatoms. The molecule has 0 spiro atoms. The van der Waals surface area contributed by atoms with Gasteiger partial charge < -0.3 is 80.6 Å². The molecule has 440 valence electrons. The summed E-state index contributed by atoms with van der Waals surface area (Å²) in [5.41, 5.74) is 29.2. The summed E-state index contributed by atoms with van der Waals surface area (Å²) >= 11 is 0. The van der Waals surface area contributed by atoms with Gasteiger partial charge in [-0.1, -0.05) is 86.6 Å². The number of carbonyl (C=O) groups is 9. The van der Waals surface area contributed by atoms with Gasteiger partial charge in [-0.3, -0.25) is 48.3 Å². The molecule has 26 nitrogen and oxygen atoms in total. The number of hydrogen-bond acceptors (Lipinski definition) is 13. The van der Waals surface area contributed by atoms with Gasteiger partial charge in [0.15, 0.2) is 11.9 Å². The number of aliphatic hydroxyl groups excluding tert-OH is 1. The number of nitrogens with two attached hydrogens (primary N) is 5. The molecule has 0 aromatic heterocycles. The predicted molar refractivity (Wildman–Crippen MR) is 302 cm³/mol. The minimum atomic E-state index is -1.65. The lowest BCUT2D eigenvalue weighted by Crippen LogP contribution is -2.60. The van der Waals surface area contributed by atoms with Crippen molar-refractivity contribution in [2.75, 3.05) is 39.3 Å². The smallest absolute Gasteiger partial charge is 0.326 e. The lowest BCUT2D eigenvalue weighted by atomic mass is 9.99. The van der Waals surface area contributed by atoms with E-state index in [1.807, 2.05) is 36.4 Å². The zero-order chi connectivity index (χ0) is 59.2. The maximum Gasteiger partial charge on any atom is 0.326 e. The Bertz CT molecular complexity index is 2740. The van der Waals surface area contributed by atoms with E-state index in [0.29, 0.717) is 36.8 Å². The summed E-state index contributed by atoms with van der Waals surface area (Å²) in [7, 11) is 0. The quantitative estimate of drug-likeness (QED) is 0.0190. The first kappa shape index (κ1) is 63.4. The average Bonchev–Trinajstić information content (AvgIpc) is 4.18. The van der Waals surface area contributed by atoms with Crippen molar-refractivity contribution in [3.63, 3.8) is 0 Å². The Morgan fingerprint density at radius 2 is 1.16 bits per heavy atom. The average molecular weight is 1130 g/mol. The van der Waals surface area contributed by atoms with Crippen LogP contribution in [0.4, 0.5) is 0 Å². The second-order valence-electron chi connectivity index (χ2n) is 20.7. The van der Waals surface area contributed by atoms with Gasteiger partial charge in [-0.05, 0) is 85.6 Å². The molecular formula is C55H79N15O11. The van der Waals surface area contributed by atoms with Crippen molar-refractivity contribution in [2.24, 2.45) is 44.6 Å². The number of rotatable bonds is 30. The van der Waals surface area contributed by atoms with Crippen LogP contribution in [0.25, 0.3) is 10.8 Å². The standard InChI is InChI=1S/C55H79N15O11/c1-32(2)26-41(53(80)81)67-48(75)40(29-34-20-21-35-14-6-7-15-36(35)27-34)66-49(76)42(31-71)68-47(74)39(28-33-12-4-3-5-13-33)64-45(72)30-63-50(77)43-18-10-24-69(43)52(79)44-19-11-25-70(44)51(78)38(17-9-23-62-55(59)60)65-46(73)37(56)16-8-22-61-54(57)58/h3-7,12-15,20-21,27,32,37-44,71H,8-11,16-19,22-26,28-31,56H2,1-2H3,(H,63,77)(H,64,72)(H,65,73)(H,66,76)(H,67,75)(H,68,74)(H,80,81)(H4,57,58,61)(H4,59,60,62)/t37-,38+,39+,40-,41+,42+,43+,44+/m1/s1. The Morgan fingerprint density at radius 3 is 1.79 bits per heavy atom. The summed E-state index contributed by atoms with van der Waals surface area (Å²) in [5, 5.41) is 37.7. The Kier molecular flexibility index (Phi) is 24.6. The highest BCUT2D eigenvalue weighted by molar-refractivity contribution is 5.98. The topological polar surface area (TPSA) is 428 Å². The predicted octanol–water partition coefficient (Wildman–Crippen LogP) is -2.30. The fourth-order valence-electron chi connectivity index (χ4n) is 9.78. The van der Waals surface area contributed by atoms with Crippen molar-refractivity contribution in [1.29, 1.82) is 0 Å². The van der Waals surface area contributed by atoms with E-state index < -0.39 is 115 Å². The molecule has 0 saturated carbocycles. The zero-order valence-electron chi connectivity index (χ0n) is 45.9. The number of aliphatic imine (C=N–C) groups is 2. The van der Waals surface area contributed by atoms with E-state index in [1.165, 1.54) is 9.80 Å². The normalized spacial score (nSPS) is 17.1. The van der Waals surface area contributed by atoms with Gasteiger partial charge >= 0.3 is 5.97 Å². The lowest BCUT2D eigenvalue weighted by molar-refractivity contribution is -0.148. The van der Waals surface area contributed by atoms with E-state index in [9.17, 15) is 53.4 Å². The number of fused-ring (bicyclic) bond motifs is 1. The van der Waals surface area contributed by atoms with Crippen molar-refractivity contribution in [3.05, 3.63) is 83.9 Å². The summed E-state index contributed by atoms with van der Waals surface area (Å²) < 4.78 is 0. The van der Waals surface area contributed by atoms with Crippen molar-refractivity contribution < 1.29 is 53.4 Å². The van der Waals surface area contributed by atoms with Gasteiger partial charge in [0.1, 0.15) is 42.3 Å². The molecule has 2 heterocycles. The zero-order valence-corrected chi connectivity index (χ0v) is 45.9. The maximum atomic E-state index is 14.3. The van der Waals surface area contributed by atoms with Crippen LogP contribution in [0.5, 0.6) is 0 Å². The van der Waals surface area contributed by atoms with Crippen molar-refractivity contribution in [3.8, 4) is 0 Å². The van der Waals surface area contributed by atoms with Crippen LogP contribution < -0.4 is 60.6 Å². The largest absolute Gasteiger partial charge is 0.480 e. The second kappa shape index (κ2) is 31.4. The van der Waals surface area contributed by atoms with Gasteiger partial charge in [0, 0.05) is 39.0 Å². The third-order valence-electron chi connectivity index (χ3n) is 13.9. The van der Waals surface area contributed by atoms with E-state index in [1.54, 1.807) is 50.2 Å². The van der Waals surface area contributed by atoms with Crippen LogP contribution in [0.1, 0.15) is 82.8 Å². The van der Waals surface area contributed by atoms with E-state index in [2.05, 4.69) is 41.9 Å². The van der Waals surface area contributed by atoms with Crippen LogP contribution in [-0.2, 0) is 56.0 Å². The van der Waals surface area contributed by atoms with Crippen LogP contribution in [0.15, 0.2) is 82.8 Å². The molecule has 2 saturated heterocycles. The number of guanidine groups is 2. The molecule has 3 aromatic carbocycles. The van der Waals surface area contributed by atoms with Crippen LogP contribution >= 0.6 is 0 Å². The third kappa shape index (κ3) is 19.7. The number of nitrogens with zero attached hydrogens (tertiary/aromatic N) is 4. The van der Waals surface area contributed by atoms with E-state index in [4.69, 9.17) is 28.7 Å². The monoisotopic (exact) mass is 1130 g/mol. The Balaban J connectivity index is 1.24. The number of likely N-dealkylation sites (tertiary alicyclic amines) is 2. The van der Waals surface area contributed by atoms with Gasteiger partial charge in [0.05, 0.1) is 19.2 Å². The highest BCUT2D eigenvalue weighted by Gasteiger charge is 2.44. The van der Waals surface area contributed by atoms with Crippen LogP contribution in [-0.4, -0.2) is 173 Å². The van der Waals surface area contributed by atoms with Crippen LogP contribution in [0.2, 0.25) is 0 Å². The lowest BCUT2D eigenvalue weighted by Gasteiger charge is -2.33. The Labute approximate surface area is 470 Å². The van der Waals surface area contributed by atoms with Gasteiger partial charge in [-0.15, -0.1) is 0 Å². The highest BCUT2D eigenvalue weighted by atomic mass is 16.4. The van der Waals surface area contributed by atoms with Crippen LogP contribution in [0.3, 0.4) is 0 Å². The van der Waals surface area contributed by atoms with E-state index in [-0.39, 0.29) is 89.0 Å². The molecule has 0 radical (unpaired) electrons. The van der Waals surface area contributed by atoms with Crippen molar-refractivity contribution >= 4 is 75.9 Å². The Hall–Kier alpha value is -8.39. The number of carboxylic acids is 1. The number of carboxylic acid groups (broad SMARTS) is 1. The van der Waals surface area contributed by atoms with Gasteiger partial charge in [0.2, 0.25) is 47.3 Å². The van der Waals surface area contributed by atoms with Crippen LogP contribution in [0, 0.1) is 5.92 Å². The summed E-state index contributed by atoms with van der Waals surface area (Å²) in [6.45, 7) is 2.82. The SMILES string of the molecule is CC(C)C[C@H](NC(=O)[C@@H](Cc1ccc2ccccc2c1)NC(=O)[C@H](CO)NC(=O)[C@H](Cc1ccccc1)NC(=O)CNC(=O)[C@@H]1CCCN1C(=O)[C@@H]1CCCN1C(=O)[C@H](CCCN=C(N)N)NC(=O)[C@H](N)CCCN=C(N)N)C(=O)O. The number of hydrogen-bond donors (Lipinski definition) is 13. The fourth-order valence-corrected chi connectivity index (χ4v) is 9.78. The fraction of sp³-hybridized carbons (Fsp3) is 0.509. The van der Waals surface area contributed by atoms with Crippen molar-refractivity contribution in [1.82, 2.24) is 41.7 Å². The van der Waals surface area contributed by atoms with E-state index >= 15 is 0 Å². The molecule has 5 rings (SSSR count). The number of nitrogens with one attached hydrogen (secondary N) is 6. The molecule has 8 atom stereocenters. The summed E-state index contributed by atoms with van der Waals surface area (Å²) in [4.78, 5) is 134. The highest BCUT2D eigenvalue weighted by Crippen LogP contribution is 2.26. The molecule has 2 aliphatic rings. The third-order valence-corrected chi connectivity index (χ3v) is 13.9. The number of carbonyl (C=O) groups excluding carboxylic acids is 8. The molecule has 2 fully saturated rings. The number of benzene rings is 3. The number of amides is 8. The van der Waals surface area contributed by atoms with Gasteiger partial charge in [-0.25, -0.2) is 4.79 Å². The maximum absolute atomic E-state index is 14.3. The first-order chi connectivity index (χ1) is 38.6. The molecule has 0 bridgehead atoms. The summed E-state index contributed by atoms with van der Waals surface area (Å²) in [6.07, 6.45) is 2.39. The number of aliphatic hydroxyl groups is 1. The van der Waals surface area contributed by atoms with E-state index in [0.717, 1.165) is 10.8 Å². The first-order valence-corrected chi connectivity index (χ1v) is 27.3. The van der Waals surface area contributed by atoms with Crippen molar-refractivity contribution in [2.45, 2.75) is 133 Å². The summed E-state index contributed by atoms with van der Waals surface area (Å²) in [5.74, 6) is -7.36. The molecule has 18 N–H and O–H groups in total. The Morgan fingerprint density at radius 1 is 0.617 bits per heavy atom. The molecule has 0 aliphatic carbocycles. The minimum absolute atomic E-state index is 0.0843. The molecule has 81 heavy (non-hydrogen) atoms. The minimum Gasteiger partial charge on any atom is -0.480 e. The summed E-state index contributed by atoms with van der Waals surface area (Å²) in [6, 6.07) is 11.8. The first-order valence-electron chi connectivity index (χ1n) is 27.3. The molecular weight excluding hydrogens is 1050 g/mol. The number of aliphatic carboxylic acids is 1. The molecule has 3 aromatic rings. The second-order valence-corrected chi connectivity index (χ2v) is 20.7. The molecule has 2 aliphatic heterocycles. The molecule has 8 amide bonds.